The van der Waals surface area contributed by atoms with Gasteiger partial charge >= 0.3 is 0 Å². The summed E-state index contributed by atoms with van der Waals surface area (Å²) in [6.45, 7) is 7.69. The zero-order valence-electron chi connectivity index (χ0n) is 16.6. The van der Waals surface area contributed by atoms with Crippen LogP contribution in [0.1, 0.15) is 32.3 Å². The van der Waals surface area contributed by atoms with Crippen molar-refractivity contribution in [3.05, 3.63) is 42.0 Å². The molecule has 4 rings (SSSR count). The third-order valence-electron chi connectivity index (χ3n) is 5.15. The third-order valence-corrected chi connectivity index (χ3v) is 5.15. The van der Waals surface area contributed by atoms with E-state index in [1.807, 2.05) is 42.6 Å². The van der Waals surface area contributed by atoms with Gasteiger partial charge in [-0.1, -0.05) is 23.8 Å². The van der Waals surface area contributed by atoms with Gasteiger partial charge in [-0.25, -0.2) is 0 Å². The van der Waals surface area contributed by atoms with Gasteiger partial charge in [-0.05, 0) is 51.8 Å². The molecule has 1 saturated heterocycles. The van der Waals surface area contributed by atoms with E-state index in [0.29, 0.717) is 0 Å². The molecule has 2 aromatic heterocycles. The van der Waals surface area contributed by atoms with Crippen molar-refractivity contribution in [2.45, 2.75) is 39.7 Å². The fourth-order valence-electron chi connectivity index (χ4n) is 3.69. The first kappa shape index (κ1) is 18.4. The summed E-state index contributed by atoms with van der Waals surface area (Å²) in [6.07, 6.45) is 1.68. The Morgan fingerprint density at radius 2 is 1.93 bits per heavy atom. The molecule has 3 aromatic rings. The fourth-order valence-corrected chi connectivity index (χ4v) is 3.69. The van der Waals surface area contributed by atoms with Crippen LogP contribution in [0.5, 0.6) is 0 Å². The van der Waals surface area contributed by atoms with E-state index in [-0.39, 0.29) is 17.9 Å². The largest absolute Gasteiger partial charge is 0.355 e. The highest BCUT2D eigenvalue weighted by molar-refractivity contribution is 5.79. The van der Waals surface area contributed by atoms with Crippen LogP contribution in [0, 0.1) is 12.8 Å². The molecule has 1 aromatic carbocycles. The van der Waals surface area contributed by atoms with E-state index in [1.54, 1.807) is 0 Å². The van der Waals surface area contributed by atoms with Crippen molar-refractivity contribution in [2.75, 3.05) is 18.0 Å². The number of aryl methyl sites for hydroxylation is 1. The average Bonchev–Trinajstić information content (AvgIpc) is 3.11. The lowest BCUT2D eigenvalue weighted by Gasteiger charge is -2.32. The van der Waals surface area contributed by atoms with Crippen LogP contribution < -0.4 is 10.2 Å². The molecule has 3 heterocycles. The van der Waals surface area contributed by atoms with E-state index in [4.69, 9.17) is 5.10 Å². The van der Waals surface area contributed by atoms with Crippen LogP contribution in [0.15, 0.2) is 36.4 Å². The SMILES string of the molecule is Cc1cccc(-c2nnc3ccc(N4CCC(C(=O)NC(C)C)CC4)nn23)c1. The minimum absolute atomic E-state index is 0.0835. The van der Waals surface area contributed by atoms with Crippen LogP contribution in [0.3, 0.4) is 0 Å². The smallest absolute Gasteiger partial charge is 0.223 e. The molecule has 1 aliphatic rings. The number of nitrogens with one attached hydrogen (secondary N) is 1. The first-order chi connectivity index (χ1) is 13.5. The Labute approximate surface area is 164 Å². The van der Waals surface area contributed by atoms with Crippen molar-refractivity contribution >= 4 is 17.4 Å². The highest BCUT2D eigenvalue weighted by atomic mass is 16.1. The van der Waals surface area contributed by atoms with Gasteiger partial charge < -0.3 is 10.2 Å². The number of hydrogen-bond acceptors (Lipinski definition) is 5. The molecule has 0 atom stereocenters. The van der Waals surface area contributed by atoms with Crippen molar-refractivity contribution in [3.8, 4) is 11.4 Å². The zero-order valence-corrected chi connectivity index (χ0v) is 16.6. The molecule has 1 amide bonds. The number of nitrogens with zero attached hydrogens (tertiary/aromatic N) is 5. The lowest BCUT2D eigenvalue weighted by molar-refractivity contribution is -0.126. The highest BCUT2D eigenvalue weighted by Crippen LogP contribution is 2.24. The predicted molar refractivity (Wildman–Crippen MR) is 109 cm³/mol. The first-order valence-corrected chi connectivity index (χ1v) is 9.86. The summed E-state index contributed by atoms with van der Waals surface area (Å²) in [6, 6.07) is 12.3. The molecule has 28 heavy (non-hydrogen) atoms. The summed E-state index contributed by atoms with van der Waals surface area (Å²) >= 11 is 0. The van der Waals surface area contributed by atoms with Gasteiger partial charge in [0.25, 0.3) is 0 Å². The molecule has 0 aliphatic carbocycles. The standard InChI is InChI=1S/C21H26N6O/c1-14(2)22-21(28)16-9-11-26(12-10-16)19-8-7-18-23-24-20(27(18)25-19)17-6-4-5-15(3)13-17/h4-8,13-14,16H,9-12H2,1-3H3,(H,22,28). The van der Waals surface area contributed by atoms with Gasteiger partial charge in [0.1, 0.15) is 5.82 Å². The second-order valence-electron chi connectivity index (χ2n) is 7.78. The molecule has 0 saturated carbocycles. The van der Waals surface area contributed by atoms with Gasteiger partial charge in [0.15, 0.2) is 11.5 Å². The number of aromatic nitrogens is 4. The number of fused-ring (bicyclic) bond motifs is 1. The third kappa shape index (κ3) is 3.69. The van der Waals surface area contributed by atoms with Crippen LogP contribution in [0.2, 0.25) is 0 Å². The summed E-state index contributed by atoms with van der Waals surface area (Å²) in [7, 11) is 0. The van der Waals surface area contributed by atoms with Gasteiger partial charge in [0, 0.05) is 30.6 Å². The molecule has 0 radical (unpaired) electrons. The van der Waals surface area contributed by atoms with E-state index in [2.05, 4.69) is 39.5 Å². The molecule has 0 bridgehead atoms. The minimum atomic E-state index is 0.0835. The topological polar surface area (TPSA) is 75.4 Å². The van der Waals surface area contributed by atoms with Crippen molar-refractivity contribution in [3.63, 3.8) is 0 Å². The van der Waals surface area contributed by atoms with E-state index in [1.165, 1.54) is 5.56 Å². The quantitative estimate of drug-likeness (QED) is 0.756. The van der Waals surface area contributed by atoms with E-state index in [9.17, 15) is 4.79 Å². The lowest BCUT2D eigenvalue weighted by Crippen LogP contribution is -2.42. The number of rotatable bonds is 4. The summed E-state index contributed by atoms with van der Waals surface area (Å²) in [5, 5.41) is 16.4. The molecule has 7 heteroatoms. The molecule has 0 spiro atoms. The van der Waals surface area contributed by atoms with Crippen molar-refractivity contribution in [1.29, 1.82) is 0 Å². The maximum absolute atomic E-state index is 12.3. The Morgan fingerprint density at radius 1 is 1.14 bits per heavy atom. The molecule has 1 fully saturated rings. The average molecular weight is 378 g/mol. The van der Waals surface area contributed by atoms with Gasteiger partial charge in [-0.2, -0.15) is 4.52 Å². The Bertz CT molecular complexity index is 987. The fraction of sp³-hybridized carbons (Fsp3) is 0.429. The number of hydrogen-bond donors (Lipinski definition) is 1. The summed E-state index contributed by atoms with van der Waals surface area (Å²) in [5.41, 5.74) is 2.90. The number of anilines is 1. The van der Waals surface area contributed by atoms with Gasteiger partial charge in [-0.15, -0.1) is 15.3 Å². The molecule has 7 nitrogen and oxygen atoms in total. The molecule has 1 N–H and O–H groups in total. The van der Waals surface area contributed by atoms with Crippen molar-refractivity contribution in [1.82, 2.24) is 25.1 Å². The predicted octanol–water partition coefficient (Wildman–Crippen LogP) is 2.84. The summed E-state index contributed by atoms with van der Waals surface area (Å²) in [4.78, 5) is 14.5. The van der Waals surface area contributed by atoms with Gasteiger partial charge in [-0.3, -0.25) is 4.79 Å². The number of carbonyl (C=O) groups excluding carboxylic acids is 1. The number of carbonyl (C=O) groups is 1. The summed E-state index contributed by atoms with van der Waals surface area (Å²) in [5.74, 6) is 1.88. The van der Waals surface area contributed by atoms with Crippen molar-refractivity contribution < 1.29 is 4.79 Å². The number of piperidine rings is 1. The molecule has 0 unspecified atom stereocenters. The molecule has 146 valence electrons. The van der Waals surface area contributed by atoms with E-state index < -0.39 is 0 Å². The zero-order chi connectivity index (χ0) is 19.7. The Hall–Kier alpha value is -2.96. The van der Waals surface area contributed by atoms with Gasteiger partial charge in [0.2, 0.25) is 5.91 Å². The highest BCUT2D eigenvalue weighted by Gasteiger charge is 2.26. The first-order valence-electron chi connectivity index (χ1n) is 9.86. The second-order valence-corrected chi connectivity index (χ2v) is 7.78. The maximum atomic E-state index is 12.3. The second kappa shape index (κ2) is 7.58. The van der Waals surface area contributed by atoms with Crippen LogP contribution in [-0.2, 0) is 4.79 Å². The van der Waals surface area contributed by atoms with Crippen LogP contribution in [0.4, 0.5) is 5.82 Å². The molecular formula is C21H26N6O. The lowest BCUT2D eigenvalue weighted by atomic mass is 9.95. The summed E-state index contributed by atoms with van der Waals surface area (Å²) < 4.78 is 1.81. The number of benzene rings is 1. The van der Waals surface area contributed by atoms with Crippen LogP contribution >= 0.6 is 0 Å². The van der Waals surface area contributed by atoms with Crippen LogP contribution in [-0.4, -0.2) is 44.8 Å². The Balaban J connectivity index is 1.54. The van der Waals surface area contributed by atoms with Gasteiger partial charge in [0.05, 0.1) is 0 Å². The van der Waals surface area contributed by atoms with E-state index >= 15 is 0 Å². The minimum Gasteiger partial charge on any atom is -0.355 e. The molecule has 1 aliphatic heterocycles. The maximum Gasteiger partial charge on any atom is 0.223 e. The van der Waals surface area contributed by atoms with E-state index in [0.717, 1.165) is 48.8 Å². The van der Waals surface area contributed by atoms with Crippen LogP contribution in [0.25, 0.3) is 17.0 Å². The number of amides is 1. The molecular weight excluding hydrogens is 352 g/mol. The Kier molecular flexibility index (Phi) is 4.98. The monoisotopic (exact) mass is 378 g/mol. The van der Waals surface area contributed by atoms with Crippen molar-refractivity contribution in [2.24, 2.45) is 5.92 Å². The Morgan fingerprint density at radius 3 is 2.64 bits per heavy atom. The normalized spacial score (nSPS) is 15.4.